The molecular formula is C16H28N4. The van der Waals surface area contributed by atoms with E-state index in [2.05, 4.69) is 34.4 Å². The number of rotatable bonds is 5. The van der Waals surface area contributed by atoms with Crippen LogP contribution in [0.15, 0.2) is 0 Å². The molecule has 1 aliphatic rings. The lowest BCUT2D eigenvalue weighted by Gasteiger charge is -2.31. The lowest BCUT2D eigenvalue weighted by atomic mass is 9.83. The molecule has 4 nitrogen and oxygen atoms in total. The summed E-state index contributed by atoms with van der Waals surface area (Å²) in [5.74, 6) is 3.54. The molecule has 0 aliphatic heterocycles. The van der Waals surface area contributed by atoms with Crippen molar-refractivity contribution in [1.29, 1.82) is 0 Å². The van der Waals surface area contributed by atoms with Crippen LogP contribution in [-0.4, -0.2) is 23.1 Å². The third-order valence-electron chi connectivity index (χ3n) is 4.48. The van der Waals surface area contributed by atoms with Crippen LogP contribution in [0, 0.1) is 19.8 Å². The molecule has 1 fully saturated rings. The van der Waals surface area contributed by atoms with Crippen molar-refractivity contribution in [3.8, 4) is 0 Å². The minimum absolute atomic E-state index is 0.535. The predicted octanol–water partition coefficient (Wildman–Crippen LogP) is 3.91. The number of nitrogens with one attached hydrogen (secondary N) is 2. The highest BCUT2D eigenvalue weighted by atomic mass is 15.1. The SMILES string of the molecule is CCC(Nc1nc(C)nc(NC)c1C)C1CCCCC1. The van der Waals surface area contributed by atoms with Crippen LogP contribution in [0.4, 0.5) is 11.6 Å². The van der Waals surface area contributed by atoms with Gasteiger partial charge in [-0.25, -0.2) is 9.97 Å². The Labute approximate surface area is 122 Å². The van der Waals surface area contributed by atoms with E-state index in [9.17, 15) is 0 Å². The average molecular weight is 276 g/mol. The number of hydrogen-bond acceptors (Lipinski definition) is 4. The molecule has 0 bridgehead atoms. The molecule has 0 saturated heterocycles. The zero-order chi connectivity index (χ0) is 14.5. The molecule has 20 heavy (non-hydrogen) atoms. The van der Waals surface area contributed by atoms with Crippen molar-refractivity contribution in [1.82, 2.24) is 9.97 Å². The van der Waals surface area contributed by atoms with Gasteiger partial charge in [0.25, 0.3) is 0 Å². The Balaban J connectivity index is 2.16. The summed E-state index contributed by atoms with van der Waals surface area (Å²) >= 11 is 0. The van der Waals surface area contributed by atoms with Crippen LogP contribution in [0.1, 0.15) is 56.8 Å². The molecule has 1 aromatic heterocycles. The first-order chi connectivity index (χ1) is 9.65. The maximum atomic E-state index is 4.60. The van der Waals surface area contributed by atoms with Gasteiger partial charge < -0.3 is 10.6 Å². The first-order valence-electron chi connectivity index (χ1n) is 7.95. The van der Waals surface area contributed by atoms with Crippen LogP contribution >= 0.6 is 0 Å². The lowest BCUT2D eigenvalue weighted by molar-refractivity contribution is 0.312. The summed E-state index contributed by atoms with van der Waals surface area (Å²) in [5, 5.41) is 6.85. The summed E-state index contributed by atoms with van der Waals surface area (Å²) < 4.78 is 0. The summed E-state index contributed by atoms with van der Waals surface area (Å²) in [4.78, 5) is 9.04. The number of nitrogens with zero attached hydrogens (tertiary/aromatic N) is 2. The smallest absolute Gasteiger partial charge is 0.134 e. The van der Waals surface area contributed by atoms with E-state index in [0.29, 0.717) is 6.04 Å². The van der Waals surface area contributed by atoms with Crippen LogP contribution in [0.5, 0.6) is 0 Å². The molecule has 4 heteroatoms. The van der Waals surface area contributed by atoms with Gasteiger partial charge in [-0.05, 0) is 39.0 Å². The molecule has 112 valence electrons. The van der Waals surface area contributed by atoms with Crippen molar-refractivity contribution >= 4 is 11.6 Å². The monoisotopic (exact) mass is 276 g/mol. The average Bonchev–Trinajstić information content (AvgIpc) is 2.48. The van der Waals surface area contributed by atoms with Gasteiger partial charge in [0.15, 0.2) is 0 Å². The van der Waals surface area contributed by atoms with Crippen molar-refractivity contribution in [3.05, 3.63) is 11.4 Å². The van der Waals surface area contributed by atoms with E-state index in [-0.39, 0.29) is 0 Å². The predicted molar refractivity (Wildman–Crippen MR) is 85.3 cm³/mol. The van der Waals surface area contributed by atoms with Crippen molar-refractivity contribution < 1.29 is 0 Å². The lowest BCUT2D eigenvalue weighted by Crippen LogP contribution is -2.31. The molecule has 0 radical (unpaired) electrons. The van der Waals surface area contributed by atoms with Crippen LogP contribution in [0.3, 0.4) is 0 Å². The van der Waals surface area contributed by atoms with E-state index in [1.54, 1.807) is 0 Å². The summed E-state index contributed by atoms with van der Waals surface area (Å²) in [6, 6.07) is 0.535. The van der Waals surface area contributed by atoms with Gasteiger partial charge in [-0.15, -0.1) is 0 Å². The fourth-order valence-corrected chi connectivity index (χ4v) is 3.28. The molecule has 2 N–H and O–H groups in total. The molecule has 0 amide bonds. The molecule has 1 atom stereocenters. The fraction of sp³-hybridized carbons (Fsp3) is 0.750. The van der Waals surface area contributed by atoms with Gasteiger partial charge in [0.05, 0.1) is 0 Å². The van der Waals surface area contributed by atoms with E-state index in [4.69, 9.17) is 0 Å². The molecular weight excluding hydrogens is 248 g/mol. The van der Waals surface area contributed by atoms with Crippen LogP contribution in [0.25, 0.3) is 0 Å². The molecule has 1 unspecified atom stereocenters. The van der Waals surface area contributed by atoms with E-state index in [0.717, 1.165) is 35.4 Å². The van der Waals surface area contributed by atoms with Gasteiger partial charge in [0.2, 0.25) is 0 Å². The third-order valence-corrected chi connectivity index (χ3v) is 4.48. The van der Waals surface area contributed by atoms with Gasteiger partial charge in [-0.1, -0.05) is 26.2 Å². The quantitative estimate of drug-likeness (QED) is 0.856. The van der Waals surface area contributed by atoms with Crippen molar-refractivity contribution in [2.45, 2.75) is 65.3 Å². The Hall–Kier alpha value is -1.32. The highest BCUT2D eigenvalue weighted by Gasteiger charge is 2.23. The second-order valence-electron chi connectivity index (χ2n) is 5.90. The molecule has 0 spiro atoms. The second-order valence-corrected chi connectivity index (χ2v) is 5.90. The highest BCUT2D eigenvalue weighted by molar-refractivity contribution is 5.57. The van der Waals surface area contributed by atoms with Gasteiger partial charge in [0.1, 0.15) is 17.5 Å². The van der Waals surface area contributed by atoms with Gasteiger partial charge >= 0.3 is 0 Å². The molecule has 1 aliphatic carbocycles. The number of anilines is 2. The highest BCUT2D eigenvalue weighted by Crippen LogP contribution is 2.30. The van der Waals surface area contributed by atoms with Gasteiger partial charge in [0, 0.05) is 18.7 Å². The summed E-state index contributed by atoms with van der Waals surface area (Å²) in [6.07, 6.45) is 8.03. The Morgan fingerprint density at radius 1 is 1.10 bits per heavy atom. The standard InChI is InChI=1S/C16H28N4/c1-5-14(13-9-7-6-8-10-13)20-16-11(2)15(17-4)18-12(3)19-16/h13-14H,5-10H2,1-4H3,(H2,17,18,19,20). The topological polar surface area (TPSA) is 49.8 Å². The van der Waals surface area contributed by atoms with Crippen molar-refractivity contribution in [3.63, 3.8) is 0 Å². The maximum Gasteiger partial charge on any atom is 0.134 e. The van der Waals surface area contributed by atoms with Gasteiger partial charge in [-0.3, -0.25) is 0 Å². The molecule has 1 saturated carbocycles. The molecule has 0 aromatic carbocycles. The molecule has 1 aromatic rings. The minimum atomic E-state index is 0.535. The Morgan fingerprint density at radius 2 is 1.75 bits per heavy atom. The molecule has 1 heterocycles. The summed E-state index contributed by atoms with van der Waals surface area (Å²) in [6.45, 7) is 6.31. The third kappa shape index (κ3) is 3.41. The Morgan fingerprint density at radius 3 is 2.35 bits per heavy atom. The van der Waals surface area contributed by atoms with Crippen molar-refractivity contribution in [2.75, 3.05) is 17.7 Å². The van der Waals surface area contributed by atoms with Crippen LogP contribution in [0.2, 0.25) is 0 Å². The van der Waals surface area contributed by atoms with Crippen LogP contribution in [-0.2, 0) is 0 Å². The summed E-state index contributed by atoms with van der Waals surface area (Å²) in [5.41, 5.74) is 1.12. The largest absolute Gasteiger partial charge is 0.373 e. The normalized spacial score (nSPS) is 17.8. The second kappa shape index (κ2) is 6.91. The van der Waals surface area contributed by atoms with Crippen molar-refractivity contribution in [2.24, 2.45) is 5.92 Å². The summed E-state index contributed by atoms with van der Waals surface area (Å²) in [7, 11) is 1.91. The Kier molecular flexibility index (Phi) is 5.21. The number of aryl methyl sites for hydroxylation is 1. The van der Waals surface area contributed by atoms with E-state index in [1.807, 2.05) is 14.0 Å². The minimum Gasteiger partial charge on any atom is -0.373 e. The van der Waals surface area contributed by atoms with E-state index < -0.39 is 0 Å². The van der Waals surface area contributed by atoms with Crippen LogP contribution < -0.4 is 10.6 Å². The first kappa shape index (κ1) is 15.1. The maximum absolute atomic E-state index is 4.60. The van der Waals surface area contributed by atoms with E-state index >= 15 is 0 Å². The molecule has 2 rings (SSSR count). The zero-order valence-electron chi connectivity index (χ0n) is 13.3. The zero-order valence-corrected chi connectivity index (χ0v) is 13.3. The fourth-order valence-electron chi connectivity index (χ4n) is 3.28. The number of aromatic nitrogens is 2. The Bertz CT molecular complexity index is 438. The first-order valence-corrected chi connectivity index (χ1v) is 7.95. The number of hydrogen-bond donors (Lipinski definition) is 2. The van der Waals surface area contributed by atoms with E-state index in [1.165, 1.54) is 32.1 Å². The van der Waals surface area contributed by atoms with Gasteiger partial charge in [-0.2, -0.15) is 0 Å².